The van der Waals surface area contributed by atoms with Gasteiger partial charge in [0, 0.05) is 52.3 Å². The molecule has 35 heavy (non-hydrogen) atoms. The Morgan fingerprint density at radius 3 is 2.34 bits per heavy atom. The first-order valence-electron chi connectivity index (χ1n) is 11.8. The van der Waals surface area contributed by atoms with Gasteiger partial charge >= 0.3 is 0 Å². The number of hydrogen-bond acceptors (Lipinski definition) is 7. The van der Waals surface area contributed by atoms with E-state index in [1.165, 1.54) is 4.57 Å². The lowest BCUT2D eigenvalue weighted by molar-refractivity contribution is -0.129. The number of carbonyl (C=O) groups is 1. The molecule has 0 aliphatic carbocycles. The summed E-state index contributed by atoms with van der Waals surface area (Å²) in [4.78, 5) is 31.4. The van der Waals surface area contributed by atoms with Gasteiger partial charge in [0.2, 0.25) is 11.9 Å². The van der Waals surface area contributed by atoms with Crippen molar-refractivity contribution in [3.8, 4) is 5.95 Å². The second kappa shape index (κ2) is 9.03. The highest BCUT2D eigenvalue weighted by Crippen LogP contribution is 2.30. The summed E-state index contributed by atoms with van der Waals surface area (Å²) in [6.07, 6.45) is -2.79. The van der Waals surface area contributed by atoms with Gasteiger partial charge in [0.05, 0.1) is 23.2 Å². The van der Waals surface area contributed by atoms with Crippen molar-refractivity contribution >= 4 is 28.6 Å². The molecule has 2 aliphatic rings. The van der Waals surface area contributed by atoms with Gasteiger partial charge in [-0.15, -0.1) is 0 Å². The van der Waals surface area contributed by atoms with Crippen molar-refractivity contribution in [3.63, 3.8) is 0 Å². The van der Waals surface area contributed by atoms with Gasteiger partial charge in [0.1, 0.15) is 11.6 Å². The Morgan fingerprint density at radius 1 is 1.00 bits per heavy atom. The zero-order valence-corrected chi connectivity index (χ0v) is 20.1. The van der Waals surface area contributed by atoms with Crippen LogP contribution in [0, 0.1) is 0 Å². The molecule has 2 saturated heterocycles. The molecule has 0 spiro atoms. The van der Waals surface area contributed by atoms with Crippen LogP contribution in [-0.2, 0) is 9.53 Å². The summed E-state index contributed by atoms with van der Waals surface area (Å²) in [5.41, 5.74) is 0.613. The maximum absolute atomic E-state index is 14.1. The van der Waals surface area contributed by atoms with Gasteiger partial charge in [-0.3, -0.25) is 9.36 Å². The summed E-state index contributed by atoms with van der Waals surface area (Å²) in [7, 11) is 0. The maximum atomic E-state index is 14.1. The third-order valence-electron chi connectivity index (χ3n) is 6.47. The van der Waals surface area contributed by atoms with E-state index in [4.69, 9.17) is 14.7 Å². The highest BCUT2D eigenvalue weighted by molar-refractivity contribution is 5.78. The Balaban J connectivity index is 1.62. The number of rotatable bonds is 4. The van der Waals surface area contributed by atoms with Gasteiger partial charge in [0.15, 0.2) is 5.82 Å². The smallest absolute Gasteiger partial charge is 0.296 e. The van der Waals surface area contributed by atoms with Crippen molar-refractivity contribution in [1.82, 2.24) is 24.4 Å². The highest BCUT2D eigenvalue weighted by atomic mass is 19.3. The van der Waals surface area contributed by atoms with Crippen LogP contribution in [0.15, 0.2) is 30.3 Å². The Labute approximate surface area is 202 Å². The zero-order chi connectivity index (χ0) is 24.7. The fraction of sp³-hybridized carbons (Fsp3) is 0.500. The van der Waals surface area contributed by atoms with Gasteiger partial charge in [-0.1, -0.05) is 12.1 Å². The molecule has 2 fully saturated rings. The number of nitrogens with zero attached hydrogens (tertiary/aromatic N) is 7. The van der Waals surface area contributed by atoms with Gasteiger partial charge in [-0.2, -0.15) is 9.97 Å². The molecule has 2 aliphatic heterocycles. The van der Waals surface area contributed by atoms with Crippen molar-refractivity contribution in [1.29, 1.82) is 0 Å². The molecule has 0 saturated carbocycles. The average Bonchev–Trinajstić information content (AvgIpc) is 3.23. The number of alkyl halides is 2. The van der Waals surface area contributed by atoms with Crippen LogP contribution >= 0.6 is 0 Å². The molecule has 4 heterocycles. The second-order valence-corrected chi connectivity index (χ2v) is 9.50. The van der Waals surface area contributed by atoms with E-state index in [-0.39, 0.29) is 17.5 Å². The predicted octanol–water partition coefficient (Wildman–Crippen LogP) is 3.04. The number of benzene rings is 1. The molecule has 186 valence electrons. The summed E-state index contributed by atoms with van der Waals surface area (Å²) < 4.78 is 35.3. The average molecular weight is 486 g/mol. The fourth-order valence-electron chi connectivity index (χ4n) is 4.70. The molecule has 0 radical (unpaired) electrons. The molecular weight excluding hydrogens is 456 g/mol. The number of piperazine rings is 1. The number of aromatic nitrogens is 4. The molecule has 2 aromatic heterocycles. The summed E-state index contributed by atoms with van der Waals surface area (Å²) >= 11 is 0. The maximum Gasteiger partial charge on any atom is 0.296 e. The Morgan fingerprint density at radius 2 is 1.69 bits per heavy atom. The quantitative estimate of drug-likeness (QED) is 0.562. The number of ether oxygens (including phenoxy) is 1. The Bertz CT molecular complexity index is 1240. The SMILES string of the molecule is CC(=O)N1CCN(c2cc(N3CCOC(C)(C)C3)nc(-n3c(C(F)F)nc4ccccc43)n2)CC1. The number of anilines is 2. The molecule has 0 atom stereocenters. The lowest BCUT2D eigenvalue weighted by Crippen LogP contribution is -2.49. The lowest BCUT2D eigenvalue weighted by atomic mass is 10.1. The Hall–Kier alpha value is -3.34. The molecule has 5 rings (SSSR count). The van der Waals surface area contributed by atoms with Gasteiger partial charge in [-0.25, -0.2) is 13.8 Å². The monoisotopic (exact) mass is 485 g/mol. The first-order chi connectivity index (χ1) is 16.7. The number of morpholine rings is 1. The summed E-state index contributed by atoms with van der Waals surface area (Å²) in [5.74, 6) is 1.08. The van der Waals surface area contributed by atoms with Crippen LogP contribution < -0.4 is 9.80 Å². The van der Waals surface area contributed by atoms with E-state index in [2.05, 4.69) is 14.8 Å². The van der Waals surface area contributed by atoms with Crippen molar-refractivity contribution in [2.75, 3.05) is 55.7 Å². The molecule has 11 heteroatoms. The van der Waals surface area contributed by atoms with Crippen LogP contribution in [0.25, 0.3) is 17.0 Å². The fourth-order valence-corrected chi connectivity index (χ4v) is 4.70. The van der Waals surface area contributed by atoms with E-state index in [0.29, 0.717) is 68.5 Å². The van der Waals surface area contributed by atoms with E-state index in [9.17, 15) is 13.6 Å². The van der Waals surface area contributed by atoms with E-state index >= 15 is 0 Å². The van der Waals surface area contributed by atoms with Crippen LogP contribution in [0.5, 0.6) is 0 Å². The standard InChI is InChI=1S/C24H29F2N7O2/c1-16(34)30-8-10-31(11-9-30)19-14-20(32-12-13-35-24(2,3)15-32)29-23(28-19)33-18-7-5-4-6-17(18)27-22(33)21(25)26/h4-7,14,21H,8-13,15H2,1-3H3. The number of imidazole rings is 1. The topological polar surface area (TPSA) is 79.6 Å². The zero-order valence-electron chi connectivity index (χ0n) is 20.1. The minimum Gasteiger partial charge on any atom is -0.372 e. The number of hydrogen-bond donors (Lipinski definition) is 0. The van der Waals surface area contributed by atoms with E-state index < -0.39 is 12.2 Å². The number of fused-ring (bicyclic) bond motifs is 1. The van der Waals surface area contributed by atoms with Gasteiger partial charge < -0.3 is 19.4 Å². The molecule has 0 unspecified atom stereocenters. The first kappa shape index (κ1) is 23.4. The first-order valence-corrected chi connectivity index (χ1v) is 11.8. The number of amides is 1. The van der Waals surface area contributed by atoms with Crippen LogP contribution in [0.4, 0.5) is 20.4 Å². The predicted molar refractivity (Wildman–Crippen MR) is 128 cm³/mol. The second-order valence-electron chi connectivity index (χ2n) is 9.50. The molecule has 1 aromatic carbocycles. The molecule has 3 aromatic rings. The normalized spacial score (nSPS) is 18.5. The van der Waals surface area contributed by atoms with Gasteiger partial charge in [0.25, 0.3) is 6.43 Å². The number of carbonyl (C=O) groups excluding carboxylic acids is 1. The molecule has 0 N–H and O–H groups in total. The highest BCUT2D eigenvalue weighted by Gasteiger charge is 2.30. The van der Waals surface area contributed by atoms with Crippen LogP contribution in [0.3, 0.4) is 0 Å². The summed E-state index contributed by atoms with van der Waals surface area (Å²) in [6, 6.07) is 8.89. The third-order valence-corrected chi connectivity index (χ3v) is 6.47. The molecule has 0 bridgehead atoms. The summed E-state index contributed by atoms with van der Waals surface area (Å²) in [6.45, 7) is 9.70. The van der Waals surface area contributed by atoms with Crippen LogP contribution in [0.2, 0.25) is 0 Å². The third kappa shape index (κ3) is 4.64. The van der Waals surface area contributed by atoms with Crippen molar-refractivity contribution in [2.45, 2.75) is 32.8 Å². The number of halogens is 2. The Kier molecular flexibility index (Phi) is 6.04. The van der Waals surface area contributed by atoms with Crippen molar-refractivity contribution < 1.29 is 18.3 Å². The minimum atomic E-state index is -2.79. The molecule has 9 nitrogen and oxygen atoms in total. The van der Waals surface area contributed by atoms with Gasteiger partial charge in [-0.05, 0) is 26.0 Å². The lowest BCUT2D eigenvalue weighted by Gasteiger charge is -2.39. The van der Waals surface area contributed by atoms with Crippen LogP contribution in [0.1, 0.15) is 33.0 Å². The minimum absolute atomic E-state index is 0.0377. The van der Waals surface area contributed by atoms with Crippen LogP contribution in [-0.4, -0.2) is 81.8 Å². The van der Waals surface area contributed by atoms with Crippen molar-refractivity contribution in [2.24, 2.45) is 0 Å². The number of para-hydroxylation sites is 2. The van der Waals surface area contributed by atoms with E-state index in [1.54, 1.807) is 36.1 Å². The van der Waals surface area contributed by atoms with E-state index in [0.717, 1.165) is 0 Å². The largest absolute Gasteiger partial charge is 0.372 e. The molecular formula is C24H29F2N7O2. The van der Waals surface area contributed by atoms with E-state index in [1.807, 2.05) is 19.9 Å². The molecule has 1 amide bonds. The van der Waals surface area contributed by atoms with Crippen molar-refractivity contribution in [3.05, 3.63) is 36.2 Å². The summed E-state index contributed by atoms with van der Waals surface area (Å²) in [5, 5.41) is 0.